The number of hydrogen-bond donors (Lipinski definition) is 4. The Balaban J connectivity index is 0.000000293. The number of hydrogen-bond acceptors (Lipinski definition) is 5. The van der Waals surface area contributed by atoms with Crippen molar-refractivity contribution >= 4 is 28.7 Å². The highest BCUT2D eigenvalue weighted by molar-refractivity contribution is 5.97. The van der Waals surface area contributed by atoms with Crippen LogP contribution in [0.2, 0.25) is 0 Å². The van der Waals surface area contributed by atoms with Crippen molar-refractivity contribution in [2.24, 2.45) is 0 Å². The Morgan fingerprint density at radius 2 is 1.65 bits per heavy atom. The minimum absolute atomic E-state index is 0.169. The molecule has 0 spiro atoms. The van der Waals surface area contributed by atoms with Gasteiger partial charge in [0.25, 0.3) is 5.91 Å². The van der Waals surface area contributed by atoms with Gasteiger partial charge in [0.1, 0.15) is 5.56 Å². The van der Waals surface area contributed by atoms with Crippen molar-refractivity contribution in [3.63, 3.8) is 0 Å². The van der Waals surface area contributed by atoms with Crippen LogP contribution in [0.25, 0.3) is 10.9 Å². The van der Waals surface area contributed by atoms with Gasteiger partial charge >= 0.3 is 11.9 Å². The van der Waals surface area contributed by atoms with E-state index in [0.717, 1.165) is 18.4 Å². The first kappa shape index (κ1) is 22.2. The van der Waals surface area contributed by atoms with Crippen LogP contribution in [0.3, 0.4) is 0 Å². The molecule has 9 nitrogen and oxygen atoms in total. The summed E-state index contributed by atoms with van der Waals surface area (Å²) in [5, 5.41) is 19.3. The summed E-state index contributed by atoms with van der Waals surface area (Å²) in [7, 11) is 2.18. The summed E-state index contributed by atoms with van der Waals surface area (Å²) in [6.45, 7) is 0. The molecule has 2 aliphatic rings. The predicted octanol–water partition coefficient (Wildman–Crippen LogP) is 1.59. The largest absolute Gasteiger partial charge is 0.478 e. The summed E-state index contributed by atoms with van der Waals surface area (Å²) >= 11 is 0. The lowest BCUT2D eigenvalue weighted by Crippen LogP contribution is -2.49. The average molecular weight is 427 g/mol. The fourth-order valence-electron chi connectivity index (χ4n) is 4.27. The lowest BCUT2D eigenvalue weighted by Gasteiger charge is -2.36. The smallest absolute Gasteiger partial charge is 0.328 e. The number of para-hydroxylation sites is 1. The number of aliphatic carboxylic acids is 2. The van der Waals surface area contributed by atoms with E-state index in [0.29, 0.717) is 29.6 Å². The quantitative estimate of drug-likeness (QED) is 0.543. The molecule has 31 heavy (non-hydrogen) atoms. The molecule has 4 rings (SSSR count). The number of carboxylic acids is 2. The number of carboxylic acid groups (broad SMARTS) is 2. The van der Waals surface area contributed by atoms with E-state index >= 15 is 0 Å². The van der Waals surface area contributed by atoms with Gasteiger partial charge in [0.2, 0.25) is 5.43 Å². The zero-order valence-corrected chi connectivity index (χ0v) is 17.1. The van der Waals surface area contributed by atoms with Crippen LogP contribution in [-0.2, 0) is 9.59 Å². The maximum absolute atomic E-state index is 12.5. The predicted molar refractivity (Wildman–Crippen MR) is 114 cm³/mol. The van der Waals surface area contributed by atoms with Gasteiger partial charge in [-0.05, 0) is 44.9 Å². The number of amides is 1. The van der Waals surface area contributed by atoms with Gasteiger partial charge in [0.05, 0.1) is 0 Å². The van der Waals surface area contributed by atoms with E-state index in [1.54, 1.807) is 6.07 Å². The molecule has 1 aromatic carbocycles. The Kier molecular flexibility index (Phi) is 6.86. The molecule has 2 bridgehead atoms. The Hall–Kier alpha value is -3.46. The number of aromatic nitrogens is 1. The van der Waals surface area contributed by atoms with Crippen LogP contribution in [0.15, 0.2) is 47.4 Å². The topological polar surface area (TPSA) is 140 Å². The number of aromatic amines is 1. The SMILES string of the molecule is CN1C2CCC1CC(NC(=O)c1c[nH]c3ccccc3c1=O)C2.O=C(O)/C=C/C(=O)O. The first-order valence-corrected chi connectivity index (χ1v) is 10.0. The second-order valence-electron chi connectivity index (χ2n) is 7.78. The highest BCUT2D eigenvalue weighted by Crippen LogP contribution is 2.34. The lowest BCUT2D eigenvalue weighted by molar-refractivity contribution is -0.134. The second kappa shape index (κ2) is 9.57. The molecular formula is C22H25N3O6. The standard InChI is InChI=1S/C18H21N3O2.C4H4O4/c1-21-12-6-7-13(21)9-11(8-12)20-18(23)15-10-19-16-5-3-2-4-14(16)17(15)22;5-3(6)1-2-4(7)8/h2-5,10-13H,6-9H2,1H3,(H,19,22)(H,20,23);1-2H,(H,5,6)(H,7,8)/b;2-1+. The molecule has 2 saturated heterocycles. The Morgan fingerprint density at radius 1 is 1.06 bits per heavy atom. The van der Waals surface area contributed by atoms with Crippen LogP contribution in [0.4, 0.5) is 0 Å². The first-order chi connectivity index (χ1) is 14.8. The minimum Gasteiger partial charge on any atom is -0.478 e. The van der Waals surface area contributed by atoms with Crippen LogP contribution in [0.1, 0.15) is 36.0 Å². The summed E-state index contributed by atoms with van der Waals surface area (Å²) in [5.41, 5.74) is 0.758. The van der Waals surface area contributed by atoms with Crippen molar-refractivity contribution in [1.29, 1.82) is 0 Å². The Bertz CT molecular complexity index is 1050. The van der Waals surface area contributed by atoms with Crippen LogP contribution >= 0.6 is 0 Å². The van der Waals surface area contributed by atoms with E-state index in [-0.39, 0.29) is 22.9 Å². The maximum Gasteiger partial charge on any atom is 0.328 e. The van der Waals surface area contributed by atoms with Crippen molar-refractivity contribution in [2.45, 2.75) is 43.8 Å². The fourth-order valence-corrected chi connectivity index (χ4v) is 4.27. The summed E-state index contributed by atoms with van der Waals surface area (Å²) in [5.74, 6) is -2.77. The van der Waals surface area contributed by atoms with Gasteiger partial charge in [-0.1, -0.05) is 12.1 Å². The van der Waals surface area contributed by atoms with Crippen LogP contribution in [-0.4, -0.2) is 63.1 Å². The third-order valence-corrected chi connectivity index (χ3v) is 5.83. The number of piperidine rings is 1. The van der Waals surface area contributed by atoms with E-state index < -0.39 is 11.9 Å². The maximum atomic E-state index is 12.5. The van der Waals surface area contributed by atoms with Crippen LogP contribution in [0.5, 0.6) is 0 Å². The molecular weight excluding hydrogens is 402 g/mol. The van der Waals surface area contributed by atoms with Gasteiger partial charge in [-0.25, -0.2) is 9.59 Å². The van der Waals surface area contributed by atoms with Crippen molar-refractivity contribution in [1.82, 2.24) is 15.2 Å². The normalized spacial score (nSPS) is 22.7. The zero-order chi connectivity index (χ0) is 22.5. The van der Waals surface area contributed by atoms with Gasteiger partial charge in [-0.3, -0.25) is 9.59 Å². The summed E-state index contributed by atoms with van der Waals surface area (Å²) < 4.78 is 0. The van der Waals surface area contributed by atoms with E-state index in [1.165, 1.54) is 19.0 Å². The Labute approximate surface area is 178 Å². The van der Waals surface area contributed by atoms with Gasteiger partial charge in [0.15, 0.2) is 0 Å². The highest BCUT2D eigenvalue weighted by atomic mass is 16.4. The molecule has 0 radical (unpaired) electrons. The van der Waals surface area contributed by atoms with Gasteiger partial charge in [-0.2, -0.15) is 0 Å². The molecule has 1 aromatic heterocycles. The number of carbonyl (C=O) groups excluding carboxylic acids is 1. The van der Waals surface area contributed by atoms with Crippen molar-refractivity contribution < 1.29 is 24.6 Å². The molecule has 2 unspecified atom stereocenters. The monoisotopic (exact) mass is 427 g/mol. The van der Waals surface area contributed by atoms with Gasteiger partial charge in [-0.15, -0.1) is 0 Å². The molecule has 0 aliphatic carbocycles. The van der Waals surface area contributed by atoms with Gasteiger partial charge in [0, 0.05) is 47.4 Å². The number of carbonyl (C=O) groups is 3. The second-order valence-corrected chi connectivity index (χ2v) is 7.78. The molecule has 4 N–H and O–H groups in total. The molecule has 1 amide bonds. The van der Waals surface area contributed by atoms with Gasteiger partial charge < -0.3 is 25.4 Å². The Morgan fingerprint density at radius 3 is 2.23 bits per heavy atom. The summed E-state index contributed by atoms with van der Waals surface area (Å²) in [6.07, 6.45) is 7.02. The zero-order valence-electron chi connectivity index (χ0n) is 17.1. The van der Waals surface area contributed by atoms with Crippen molar-refractivity contribution in [3.8, 4) is 0 Å². The molecule has 2 atom stereocenters. The van der Waals surface area contributed by atoms with Crippen molar-refractivity contribution in [2.75, 3.05) is 7.05 Å². The molecule has 2 fully saturated rings. The highest BCUT2D eigenvalue weighted by Gasteiger charge is 2.38. The molecule has 9 heteroatoms. The molecule has 164 valence electrons. The van der Waals surface area contributed by atoms with Crippen LogP contribution < -0.4 is 10.7 Å². The average Bonchev–Trinajstić information content (AvgIpc) is 2.94. The summed E-state index contributed by atoms with van der Waals surface area (Å²) in [6, 6.07) is 8.57. The summed E-state index contributed by atoms with van der Waals surface area (Å²) in [4.78, 5) is 49.7. The van der Waals surface area contributed by atoms with E-state index in [1.807, 2.05) is 18.2 Å². The van der Waals surface area contributed by atoms with E-state index in [9.17, 15) is 19.2 Å². The number of rotatable bonds is 4. The number of benzene rings is 1. The third kappa shape index (κ3) is 5.37. The molecule has 0 saturated carbocycles. The number of fused-ring (bicyclic) bond motifs is 3. The molecule has 3 heterocycles. The lowest BCUT2D eigenvalue weighted by atomic mass is 9.97. The number of nitrogens with zero attached hydrogens (tertiary/aromatic N) is 1. The van der Waals surface area contributed by atoms with Crippen LogP contribution in [0, 0.1) is 0 Å². The van der Waals surface area contributed by atoms with E-state index in [4.69, 9.17) is 10.2 Å². The third-order valence-electron chi connectivity index (χ3n) is 5.83. The minimum atomic E-state index is -1.26. The number of H-pyrrole nitrogens is 1. The van der Waals surface area contributed by atoms with Crippen molar-refractivity contribution in [3.05, 3.63) is 58.4 Å². The van der Waals surface area contributed by atoms with E-state index in [2.05, 4.69) is 22.2 Å². The fraction of sp³-hybridized carbons (Fsp3) is 0.364. The molecule has 2 aromatic rings. The number of pyridine rings is 1. The number of nitrogens with one attached hydrogen (secondary N) is 2. The first-order valence-electron chi connectivity index (χ1n) is 10.0. The molecule has 2 aliphatic heterocycles.